The fourth-order valence-corrected chi connectivity index (χ4v) is 0.977. The quantitative estimate of drug-likeness (QED) is 0.384. The highest BCUT2D eigenvalue weighted by molar-refractivity contribution is 7.83. The summed E-state index contributed by atoms with van der Waals surface area (Å²) in [6, 6.07) is 0. The predicted octanol–water partition coefficient (Wildman–Crippen LogP) is -1.09. The van der Waals surface area contributed by atoms with Gasteiger partial charge in [0.05, 0.1) is 0 Å². The Morgan fingerprint density at radius 2 is 2.08 bits per heavy atom. The molecule has 0 heterocycles. The molecule has 0 bridgehead atoms. The minimum atomic E-state index is -4.11. The molecule has 0 aliphatic rings. The van der Waals surface area contributed by atoms with Crippen LogP contribution in [0.4, 0.5) is 0 Å². The summed E-state index contributed by atoms with van der Waals surface area (Å²) in [4.78, 5) is 10.6. The molecule has 0 aromatic heterocycles. The molecule has 6 nitrogen and oxygen atoms in total. The monoisotopic (exact) mass is 196 g/mol. The molecule has 0 fully saturated rings. The van der Waals surface area contributed by atoms with E-state index in [0.29, 0.717) is 6.42 Å². The lowest BCUT2D eigenvalue weighted by Crippen LogP contribution is -2.25. The van der Waals surface area contributed by atoms with E-state index < -0.39 is 10.3 Å². The molecule has 0 aromatic rings. The highest BCUT2D eigenvalue weighted by Gasteiger charge is 2.02. The van der Waals surface area contributed by atoms with Gasteiger partial charge in [0.2, 0.25) is 5.91 Å². The van der Waals surface area contributed by atoms with E-state index in [4.69, 9.17) is 4.55 Å². The van der Waals surface area contributed by atoms with E-state index in [9.17, 15) is 13.2 Å². The molecule has 72 valence electrons. The van der Waals surface area contributed by atoms with E-state index in [-0.39, 0.29) is 18.9 Å². The van der Waals surface area contributed by atoms with Crippen LogP contribution in [0.15, 0.2) is 0 Å². The van der Waals surface area contributed by atoms with Crippen LogP contribution >= 0.6 is 0 Å². The van der Waals surface area contributed by atoms with Crippen molar-refractivity contribution in [1.29, 1.82) is 0 Å². The van der Waals surface area contributed by atoms with Gasteiger partial charge in [0.15, 0.2) is 0 Å². The Bertz CT molecular complexity index is 236. The van der Waals surface area contributed by atoms with Crippen LogP contribution in [0.1, 0.15) is 12.8 Å². The highest BCUT2D eigenvalue weighted by Crippen LogP contribution is 1.86. The largest absolute Gasteiger partial charge is 0.359 e. The van der Waals surface area contributed by atoms with E-state index in [0.717, 1.165) is 0 Å². The summed E-state index contributed by atoms with van der Waals surface area (Å²) >= 11 is 0. The summed E-state index contributed by atoms with van der Waals surface area (Å²) in [5.41, 5.74) is 0. The maximum Gasteiger partial charge on any atom is 0.333 e. The second kappa shape index (κ2) is 5.07. The van der Waals surface area contributed by atoms with Crippen LogP contribution in [0, 0.1) is 0 Å². The Morgan fingerprint density at radius 3 is 2.50 bits per heavy atom. The summed E-state index contributed by atoms with van der Waals surface area (Å²) in [7, 11) is -2.61. The first-order valence-corrected chi connectivity index (χ1v) is 4.82. The number of carbonyl (C=O) groups excluding carboxylic acids is 1. The van der Waals surface area contributed by atoms with Gasteiger partial charge in [-0.1, -0.05) is 0 Å². The van der Waals surface area contributed by atoms with Crippen LogP contribution in [-0.2, 0) is 15.1 Å². The predicted molar refractivity (Wildman–Crippen MR) is 42.9 cm³/mol. The second-order valence-electron chi connectivity index (χ2n) is 2.15. The Kier molecular flexibility index (Phi) is 4.79. The molecule has 0 saturated heterocycles. The third-order valence-corrected chi connectivity index (χ3v) is 1.71. The summed E-state index contributed by atoms with van der Waals surface area (Å²) in [5, 5.41) is 2.38. The minimum Gasteiger partial charge on any atom is -0.359 e. The standard InChI is InChI=1S/C5H12N2O4S/c1-6-5(8)3-2-4-7-12(9,10)11/h7H,2-4H2,1H3,(H,6,8)(H,9,10,11). The maximum atomic E-state index is 10.6. The van der Waals surface area contributed by atoms with Crippen molar-refractivity contribution in [2.24, 2.45) is 0 Å². The lowest BCUT2D eigenvalue weighted by atomic mass is 10.3. The zero-order chi connectivity index (χ0) is 9.61. The molecule has 0 atom stereocenters. The van der Waals surface area contributed by atoms with Gasteiger partial charge in [-0.25, -0.2) is 0 Å². The molecule has 0 aromatic carbocycles. The van der Waals surface area contributed by atoms with Crippen molar-refractivity contribution in [3.63, 3.8) is 0 Å². The second-order valence-corrected chi connectivity index (χ2v) is 3.38. The summed E-state index contributed by atoms with van der Waals surface area (Å²) in [6.07, 6.45) is 0.596. The maximum absolute atomic E-state index is 10.6. The Labute approximate surface area is 71.2 Å². The zero-order valence-electron chi connectivity index (χ0n) is 6.70. The van der Waals surface area contributed by atoms with Gasteiger partial charge in [0.25, 0.3) is 0 Å². The van der Waals surface area contributed by atoms with E-state index in [1.54, 1.807) is 0 Å². The van der Waals surface area contributed by atoms with Gasteiger partial charge in [-0.2, -0.15) is 13.1 Å². The number of amides is 1. The molecule has 0 rings (SSSR count). The van der Waals surface area contributed by atoms with Gasteiger partial charge in [-0.15, -0.1) is 0 Å². The van der Waals surface area contributed by atoms with Gasteiger partial charge in [0, 0.05) is 20.0 Å². The van der Waals surface area contributed by atoms with Gasteiger partial charge in [0.1, 0.15) is 0 Å². The topological polar surface area (TPSA) is 95.5 Å². The van der Waals surface area contributed by atoms with Crippen LogP contribution < -0.4 is 10.0 Å². The van der Waals surface area contributed by atoms with Gasteiger partial charge in [-0.3, -0.25) is 9.35 Å². The molecule has 0 saturated carbocycles. The van der Waals surface area contributed by atoms with Crippen molar-refractivity contribution in [1.82, 2.24) is 10.0 Å². The van der Waals surface area contributed by atoms with Gasteiger partial charge in [-0.05, 0) is 6.42 Å². The van der Waals surface area contributed by atoms with Crippen molar-refractivity contribution in [3.8, 4) is 0 Å². The number of rotatable bonds is 5. The molecule has 7 heteroatoms. The lowest BCUT2D eigenvalue weighted by Gasteiger charge is -1.99. The number of hydrogen-bond donors (Lipinski definition) is 3. The Morgan fingerprint density at radius 1 is 1.50 bits per heavy atom. The average Bonchev–Trinajstić information content (AvgIpc) is 1.96. The molecule has 0 spiro atoms. The zero-order valence-corrected chi connectivity index (χ0v) is 7.52. The van der Waals surface area contributed by atoms with Gasteiger partial charge < -0.3 is 5.32 Å². The SMILES string of the molecule is CNC(=O)CCCNS(=O)(=O)O. The normalized spacial score (nSPS) is 11.2. The minimum absolute atomic E-state index is 0.0618. The molecule has 12 heavy (non-hydrogen) atoms. The molecule has 0 aliphatic carbocycles. The number of carbonyl (C=O) groups is 1. The molecule has 0 radical (unpaired) electrons. The van der Waals surface area contributed by atoms with Crippen LogP contribution in [0.25, 0.3) is 0 Å². The van der Waals surface area contributed by atoms with Crippen molar-refractivity contribution in [2.45, 2.75) is 12.8 Å². The highest BCUT2D eigenvalue weighted by atomic mass is 32.2. The molecule has 3 N–H and O–H groups in total. The fourth-order valence-electron chi connectivity index (χ4n) is 0.575. The van der Waals surface area contributed by atoms with Crippen LogP contribution in [0.2, 0.25) is 0 Å². The van der Waals surface area contributed by atoms with Crippen molar-refractivity contribution in [2.75, 3.05) is 13.6 Å². The summed E-state index contributed by atoms with van der Waals surface area (Å²) in [6.45, 7) is 0.0618. The third-order valence-electron chi connectivity index (χ3n) is 1.14. The third kappa shape index (κ3) is 7.45. The first kappa shape index (κ1) is 11.3. The fraction of sp³-hybridized carbons (Fsp3) is 0.800. The van der Waals surface area contributed by atoms with E-state index in [2.05, 4.69) is 5.32 Å². The first-order chi connectivity index (χ1) is 5.45. The van der Waals surface area contributed by atoms with Gasteiger partial charge >= 0.3 is 10.3 Å². The smallest absolute Gasteiger partial charge is 0.333 e. The number of hydrogen-bond acceptors (Lipinski definition) is 3. The average molecular weight is 196 g/mol. The van der Waals surface area contributed by atoms with Crippen LogP contribution in [0.3, 0.4) is 0 Å². The summed E-state index contributed by atoms with van der Waals surface area (Å²) in [5.74, 6) is -0.160. The first-order valence-electron chi connectivity index (χ1n) is 3.38. The lowest BCUT2D eigenvalue weighted by molar-refractivity contribution is -0.120. The van der Waals surface area contributed by atoms with Crippen LogP contribution in [0.5, 0.6) is 0 Å². The van der Waals surface area contributed by atoms with E-state index >= 15 is 0 Å². The van der Waals surface area contributed by atoms with Crippen molar-refractivity contribution < 1.29 is 17.8 Å². The van der Waals surface area contributed by atoms with E-state index in [1.807, 2.05) is 4.72 Å². The number of nitrogens with one attached hydrogen (secondary N) is 2. The molecule has 1 amide bonds. The molecule has 0 unspecified atom stereocenters. The van der Waals surface area contributed by atoms with Crippen molar-refractivity contribution >= 4 is 16.2 Å². The van der Waals surface area contributed by atoms with Crippen molar-refractivity contribution in [3.05, 3.63) is 0 Å². The Balaban J connectivity index is 3.40. The molecular weight excluding hydrogens is 184 g/mol. The van der Waals surface area contributed by atoms with Crippen LogP contribution in [-0.4, -0.2) is 32.5 Å². The van der Waals surface area contributed by atoms with E-state index in [1.165, 1.54) is 7.05 Å². The molecular formula is C5H12N2O4S. The molecule has 0 aliphatic heterocycles. The Hall–Kier alpha value is -0.660. The summed E-state index contributed by atoms with van der Waals surface area (Å²) < 4.78 is 30.2.